The molecular weight excluding hydrogens is 272 g/mol. The first kappa shape index (κ1) is 13.6. The first-order valence-electron chi connectivity index (χ1n) is 6.99. The van der Waals surface area contributed by atoms with Gasteiger partial charge >= 0.3 is 5.97 Å². The fourth-order valence-electron chi connectivity index (χ4n) is 2.93. The van der Waals surface area contributed by atoms with Gasteiger partial charge in [-0.3, -0.25) is 14.9 Å². The van der Waals surface area contributed by atoms with Gasteiger partial charge in [0.1, 0.15) is 0 Å². The van der Waals surface area contributed by atoms with E-state index in [9.17, 15) is 14.9 Å². The zero-order valence-electron chi connectivity index (χ0n) is 11.7. The number of rotatable bonds is 5. The molecule has 0 spiro atoms. The van der Waals surface area contributed by atoms with Crippen LogP contribution in [0.4, 0.5) is 5.69 Å². The van der Waals surface area contributed by atoms with E-state index >= 15 is 0 Å². The molecule has 21 heavy (non-hydrogen) atoms. The number of H-pyrrole nitrogens is 1. The van der Waals surface area contributed by atoms with Gasteiger partial charge in [0.15, 0.2) is 0 Å². The summed E-state index contributed by atoms with van der Waals surface area (Å²) in [6, 6.07) is 3.38. The van der Waals surface area contributed by atoms with Crippen LogP contribution in [0.25, 0.3) is 10.9 Å². The SMILES string of the molecule is Cc1[nH]c2c(C3CC3)ccc([N+](=O)[O-])c2c1CCC(=O)O. The third-order valence-electron chi connectivity index (χ3n) is 4.09. The molecule has 1 aliphatic rings. The zero-order chi connectivity index (χ0) is 15.1. The zero-order valence-corrected chi connectivity index (χ0v) is 11.7. The fourth-order valence-corrected chi connectivity index (χ4v) is 2.93. The molecule has 1 saturated carbocycles. The number of benzene rings is 1. The molecule has 0 bridgehead atoms. The molecule has 3 rings (SSSR count). The predicted octanol–water partition coefficient (Wildman–Crippen LogP) is 3.28. The smallest absolute Gasteiger partial charge is 0.303 e. The Hall–Kier alpha value is -2.37. The number of carboxylic acids is 1. The van der Waals surface area contributed by atoms with Crippen LogP contribution in [0.3, 0.4) is 0 Å². The number of hydrogen-bond acceptors (Lipinski definition) is 3. The average Bonchev–Trinajstić information content (AvgIpc) is 3.18. The first-order valence-corrected chi connectivity index (χ1v) is 6.99. The predicted molar refractivity (Wildman–Crippen MR) is 77.6 cm³/mol. The molecule has 0 saturated heterocycles. The maximum atomic E-state index is 11.3. The molecule has 1 fully saturated rings. The van der Waals surface area contributed by atoms with Gasteiger partial charge in [0, 0.05) is 18.2 Å². The molecule has 0 aliphatic heterocycles. The Bertz CT molecular complexity index is 744. The number of aromatic amines is 1. The van der Waals surface area contributed by atoms with Gasteiger partial charge in [-0.25, -0.2) is 0 Å². The lowest BCUT2D eigenvalue weighted by atomic mass is 10.0. The number of aryl methyl sites for hydroxylation is 2. The maximum Gasteiger partial charge on any atom is 0.303 e. The van der Waals surface area contributed by atoms with Gasteiger partial charge in [0.2, 0.25) is 0 Å². The lowest BCUT2D eigenvalue weighted by molar-refractivity contribution is -0.383. The lowest BCUT2D eigenvalue weighted by Crippen LogP contribution is -1.99. The molecule has 0 atom stereocenters. The van der Waals surface area contributed by atoms with Crippen molar-refractivity contribution in [3.8, 4) is 0 Å². The molecule has 1 aliphatic carbocycles. The van der Waals surface area contributed by atoms with E-state index in [1.54, 1.807) is 6.07 Å². The third-order valence-corrected chi connectivity index (χ3v) is 4.09. The summed E-state index contributed by atoms with van der Waals surface area (Å²) in [5.74, 6) is -0.427. The van der Waals surface area contributed by atoms with Crippen LogP contribution in [0.15, 0.2) is 12.1 Å². The van der Waals surface area contributed by atoms with Crippen LogP contribution in [-0.2, 0) is 11.2 Å². The number of nitrogens with one attached hydrogen (secondary N) is 1. The number of aromatic nitrogens is 1. The van der Waals surface area contributed by atoms with Crippen LogP contribution < -0.4 is 0 Å². The minimum absolute atomic E-state index is 0.0292. The molecule has 2 N–H and O–H groups in total. The first-order chi connectivity index (χ1) is 9.99. The molecule has 2 aromatic rings. The molecule has 1 aromatic carbocycles. The summed E-state index contributed by atoms with van der Waals surface area (Å²) in [6.45, 7) is 1.84. The number of carboxylic acid groups (broad SMARTS) is 1. The normalized spacial score (nSPS) is 14.5. The largest absolute Gasteiger partial charge is 0.481 e. The Morgan fingerprint density at radius 3 is 2.76 bits per heavy atom. The Balaban J connectivity index is 2.21. The van der Waals surface area contributed by atoms with Crippen molar-refractivity contribution < 1.29 is 14.8 Å². The van der Waals surface area contributed by atoms with Gasteiger partial charge in [-0.05, 0) is 49.3 Å². The molecule has 0 unspecified atom stereocenters. The monoisotopic (exact) mass is 288 g/mol. The quantitative estimate of drug-likeness (QED) is 0.651. The standard InChI is InChI=1S/C15H16N2O4/c1-8-10(5-7-13(18)19)14-12(17(20)21)6-4-11(9-2-3-9)15(14)16-8/h4,6,9,16H,2-3,5,7H2,1H3,(H,18,19). The molecule has 0 radical (unpaired) electrons. The number of fused-ring (bicyclic) bond motifs is 1. The summed E-state index contributed by atoms with van der Waals surface area (Å²) in [5.41, 5.74) is 3.55. The van der Waals surface area contributed by atoms with E-state index in [-0.39, 0.29) is 12.1 Å². The summed E-state index contributed by atoms with van der Waals surface area (Å²) >= 11 is 0. The number of nitro groups is 1. The average molecular weight is 288 g/mol. The van der Waals surface area contributed by atoms with Gasteiger partial charge in [0.05, 0.1) is 15.8 Å². The minimum atomic E-state index is -0.898. The van der Waals surface area contributed by atoms with Crippen molar-refractivity contribution in [1.82, 2.24) is 4.98 Å². The molecule has 0 amide bonds. The third kappa shape index (κ3) is 2.37. The van der Waals surface area contributed by atoms with Crippen molar-refractivity contribution in [2.75, 3.05) is 0 Å². The Kier molecular flexibility index (Phi) is 3.16. The van der Waals surface area contributed by atoms with Crippen molar-refractivity contribution in [3.63, 3.8) is 0 Å². The minimum Gasteiger partial charge on any atom is -0.481 e. The topological polar surface area (TPSA) is 96.2 Å². The number of carbonyl (C=O) groups is 1. The highest BCUT2D eigenvalue weighted by Gasteiger charge is 2.30. The van der Waals surface area contributed by atoms with Crippen LogP contribution in [0.5, 0.6) is 0 Å². The van der Waals surface area contributed by atoms with E-state index in [4.69, 9.17) is 5.11 Å². The second-order valence-corrected chi connectivity index (χ2v) is 5.58. The summed E-state index contributed by atoms with van der Waals surface area (Å²) in [7, 11) is 0. The van der Waals surface area contributed by atoms with E-state index < -0.39 is 10.9 Å². The summed E-state index contributed by atoms with van der Waals surface area (Å²) < 4.78 is 0. The Morgan fingerprint density at radius 2 is 2.19 bits per heavy atom. The van der Waals surface area contributed by atoms with Crippen molar-refractivity contribution in [2.24, 2.45) is 0 Å². The van der Waals surface area contributed by atoms with Crippen molar-refractivity contribution >= 4 is 22.6 Å². The second-order valence-electron chi connectivity index (χ2n) is 5.58. The molecule has 110 valence electrons. The van der Waals surface area contributed by atoms with Crippen LogP contribution in [-0.4, -0.2) is 21.0 Å². The number of nitro benzene ring substituents is 1. The molecule has 1 heterocycles. The highest BCUT2D eigenvalue weighted by atomic mass is 16.6. The van der Waals surface area contributed by atoms with Gasteiger partial charge in [-0.1, -0.05) is 0 Å². The summed E-state index contributed by atoms with van der Waals surface area (Å²) in [4.78, 5) is 24.9. The van der Waals surface area contributed by atoms with Crippen molar-refractivity contribution in [1.29, 1.82) is 0 Å². The van der Waals surface area contributed by atoms with Gasteiger partial charge in [0.25, 0.3) is 5.69 Å². The Labute approximate surface area is 120 Å². The van der Waals surface area contributed by atoms with Crippen LogP contribution in [0, 0.1) is 17.0 Å². The number of hydrogen-bond donors (Lipinski definition) is 2. The van der Waals surface area contributed by atoms with Gasteiger partial charge in [-0.15, -0.1) is 0 Å². The number of nitrogens with zero attached hydrogens (tertiary/aromatic N) is 1. The molecule has 1 aromatic heterocycles. The Morgan fingerprint density at radius 1 is 1.48 bits per heavy atom. The highest BCUT2D eigenvalue weighted by Crippen LogP contribution is 2.45. The molecular formula is C15H16N2O4. The lowest BCUT2D eigenvalue weighted by Gasteiger charge is -2.03. The fraction of sp³-hybridized carbons (Fsp3) is 0.400. The molecule has 6 nitrogen and oxygen atoms in total. The number of non-ortho nitro benzene ring substituents is 1. The van der Waals surface area contributed by atoms with Crippen LogP contribution in [0.1, 0.15) is 42.0 Å². The number of aliphatic carboxylic acids is 1. The van der Waals surface area contributed by atoms with E-state index in [1.165, 1.54) is 0 Å². The van der Waals surface area contributed by atoms with E-state index in [0.717, 1.165) is 35.2 Å². The molecule has 6 heteroatoms. The van der Waals surface area contributed by atoms with Crippen LogP contribution >= 0.6 is 0 Å². The van der Waals surface area contributed by atoms with E-state index in [0.29, 0.717) is 17.7 Å². The van der Waals surface area contributed by atoms with Gasteiger partial charge < -0.3 is 10.1 Å². The second kappa shape index (κ2) is 4.87. The van der Waals surface area contributed by atoms with E-state index in [2.05, 4.69) is 4.98 Å². The summed E-state index contributed by atoms with van der Waals surface area (Å²) in [5, 5.41) is 20.7. The maximum absolute atomic E-state index is 11.3. The summed E-state index contributed by atoms with van der Waals surface area (Å²) in [6.07, 6.45) is 2.49. The van der Waals surface area contributed by atoms with Crippen LogP contribution in [0.2, 0.25) is 0 Å². The highest BCUT2D eigenvalue weighted by molar-refractivity contribution is 5.96. The van der Waals surface area contributed by atoms with Gasteiger partial charge in [-0.2, -0.15) is 0 Å². The van der Waals surface area contributed by atoms with Crippen molar-refractivity contribution in [3.05, 3.63) is 39.1 Å². The van der Waals surface area contributed by atoms with E-state index in [1.807, 2.05) is 13.0 Å². The van der Waals surface area contributed by atoms with Crippen molar-refractivity contribution in [2.45, 2.75) is 38.5 Å².